The van der Waals surface area contributed by atoms with E-state index in [4.69, 9.17) is 5.11 Å². The quantitative estimate of drug-likeness (QED) is 0.716. The predicted molar refractivity (Wildman–Crippen MR) is 82.3 cm³/mol. The minimum absolute atomic E-state index is 0.193. The highest BCUT2D eigenvalue weighted by atomic mass is 16.4. The van der Waals surface area contributed by atoms with Crippen LogP contribution in [0.5, 0.6) is 0 Å². The Morgan fingerprint density at radius 2 is 1.62 bits per heavy atom. The number of hydrogen-bond donors (Lipinski definition) is 1. The van der Waals surface area contributed by atoms with E-state index < -0.39 is 12.0 Å². The molecule has 1 fully saturated rings. The van der Waals surface area contributed by atoms with Gasteiger partial charge >= 0.3 is 5.97 Å². The van der Waals surface area contributed by atoms with Gasteiger partial charge in [0.2, 0.25) is 5.91 Å². The third kappa shape index (κ3) is 5.63. The molecule has 1 rings (SSSR count). The number of carboxylic acid groups (broad SMARTS) is 1. The molecule has 1 aliphatic rings. The minimum atomic E-state index is -0.781. The van der Waals surface area contributed by atoms with Crippen LogP contribution in [0.3, 0.4) is 0 Å². The van der Waals surface area contributed by atoms with Gasteiger partial charge in [-0.1, -0.05) is 13.8 Å². The number of piperazine rings is 1. The largest absolute Gasteiger partial charge is 0.480 e. The van der Waals surface area contributed by atoms with Gasteiger partial charge in [0.1, 0.15) is 6.04 Å². The Labute approximate surface area is 127 Å². The smallest absolute Gasteiger partial charge is 0.320 e. The van der Waals surface area contributed by atoms with Gasteiger partial charge in [0.25, 0.3) is 0 Å². The Bertz CT molecular complexity index is 335. The molecule has 0 aliphatic carbocycles. The van der Waals surface area contributed by atoms with Gasteiger partial charge in [0, 0.05) is 39.3 Å². The van der Waals surface area contributed by atoms with E-state index in [-0.39, 0.29) is 5.91 Å². The van der Waals surface area contributed by atoms with Crippen molar-refractivity contribution in [2.45, 2.75) is 39.7 Å². The van der Waals surface area contributed by atoms with Crippen molar-refractivity contribution in [2.24, 2.45) is 0 Å². The van der Waals surface area contributed by atoms with E-state index in [0.29, 0.717) is 19.6 Å². The van der Waals surface area contributed by atoms with Crippen LogP contribution in [0.4, 0.5) is 0 Å². The molecule has 1 heterocycles. The fraction of sp³-hybridized carbons (Fsp3) is 0.867. The third-order valence-corrected chi connectivity index (χ3v) is 4.01. The Balaban J connectivity index is 2.40. The first-order valence-electron chi connectivity index (χ1n) is 7.96. The van der Waals surface area contributed by atoms with Crippen LogP contribution in [0.2, 0.25) is 0 Å². The molecule has 0 bridgehead atoms. The van der Waals surface area contributed by atoms with Crippen LogP contribution in [-0.4, -0.2) is 83.5 Å². The highest BCUT2D eigenvalue weighted by Gasteiger charge is 2.26. The van der Waals surface area contributed by atoms with E-state index in [2.05, 4.69) is 18.7 Å². The molecule has 6 heteroatoms. The van der Waals surface area contributed by atoms with Crippen LogP contribution in [0.15, 0.2) is 0 Å². The summed E-state index contributed by atoms with van der Waals surface area (Å²) in [4.78, 5) is 29.3. The monoisotopic (exact) mass is 299 g/mol. The van der Waals surface area contributed by atoms with E-state index in [1.807, 2.05) is 9.80 Å². The summed E-state index contributed by atoms with van der Waals surface area (Å²) in [5.74, 6) is -0.588. The van der Waals surface area contributed by atoms with Crippen LogP contribution in [0.25, 0.3) is 0 Å². The zero-order chi connectivity index (χ0) is 15.8. The summed E-state index contributed by atoms with van der Waals surface area (Å²) in [5, 5.41) is 9.02. The molecule has 1 unspecified atom stereocenters. The Hall–Kier alpha value is -1.14. The van der Waals surface area contributed by atoms with E-state index in [9.17, 15) is 9.59 Å². The minimum Gasteiger partial charge on any atom is -0.480 e. The molecular weight excluding hydrogens is 270 g/mol. The van der Waals surface area contributed by atoms with Gasteiger partial charge in [-0.25, -0.2) is 0 Å². The van der Waals surface area contributed by atoms with Gasteiger partial charge in [-0.2, -0.15) is 0 Å². The highest BCUT2D eigenvalue weighted by Crippen LogP contribution is 2.07. The van der Waals surface area contributed by atoms with Crippen LogP contribution in [-0.2, 0) is 9.59 Å². The van der Waals surface area contributed by atoms with Crippen LogP contribution in [0.1, 0.15) is 33.6 Å². The summed E-state index contributed by atoms with van der Waals surface area (Å²) >= 11 is 0. The SMILES string of the molecule is CCCN(CCC)C(=O)CN1CCN(C(C)C(=O)O)CC1. The van der Waals surface area contributed by atoms with Crippen molar-refractivity contribution in [3.05, 3.63) is 0 Å². The molecule has 0 saturated carbocycles. The van der Waals surface area contributed by atoms with Crippen molar-refractivity contribution in [1.29, 1.82) is 0 Å². The van der Waals surface area contributed by atoms with Crippen LogP contribution in [0, 0.1) is 0 Å². The molecule has 1 saturated heterocycles. The number of hydrogen-bond acceptors (Lipinski definition) is 4. The maximum Gasteiger partial charge on any atom is 0.320 e. The Morgan fingerprint density at radius 3 is 2.05 bits per heavy atom. The average molecular weight is 299 g/mol. The molecule has 1 atom stereocenters. The van der Waals surface area contributed by atoms with Gasteiger partial charge in [0.05, 0.1) is 6.54 Å². The summed E-state index contributed by atoms with van der Waals surface area (Å²) in [6.45, 7) is 10.9. The summed E-state index contributed by atoms with van der Waals surface area (Å²) in [5.41, 5.74) is 0. The normalized spacial score (nSPS) is 18.4. The van der Waals surface area contributed by atoms with Crippen molar-refractivity contribution in [2.75, 3.05) is 45.8 Å². The van der Waals surface area contributed by atoms with Gasteiger partial charge in [-0.3, -0.25) is 19.4 Å². The van der Waals surface area contributed by atoms with E-state index in [1.54, 1.807) is 6.92 Å². The van der Waals surface area contributed by atoms with Gasteiger partial charge in [-0.05, 0) is 19.8 Å². The Morgan fingerprint density at radius 1 is 1.10 bits per heavy atom. The number of amides is 1. The number of rotatable bonds is 8. The lowest BCUT2D eigenvalue weighted by atomic mass is 10.2. The average Bonchev–Trinajstić information content (AvgIpc) is 2.47. The van der Waals surface area contributed by atoms with Gasteiger partial charge in [0.15, 0.2) is 0 Å². The first-order chi connectivity index (χ1) is 9.99. The molecule has 1 aliphatic heterocycles. The lowest BCUT2D eigenvalue weighted by Crippen LogP contribution is -2.53. The predicted octanol–water partition coefficient (Wildman–Crippen LogP) is 0.726. The lowest BCUT2D eigenvalue weighted by molar-refractivity contribution is -0.144. The third-order valence-electron chi connectivity index (χ3n) is 4.01. The van der Waals surface area contributed by atoms with Gasteiger partial charge in [-0.15, -0.1) is 0 Å². The van der Waals surface area contributed by atoms with Crippen molar-refractivity contribution >= 4 is 11.9 Å². The van der Waals surface area contributed by atoms with Crippen molar-refractivity contribution < 1.29 is 14.7 Å². The summed E-state index contributed by atoms with van der Waals surface area (Å²) < 4.78 is 0. The fourth-order valence-corrected chi connectivity index (χ4v) is 2.66. The van der Waals surface area contributed by atoms with Crippen LogP contribution >= 0.6 is 0 Å². The van der Waals surface area contributed by atoms with E-state index in [1.165, 1.54) is 0 Å². The standard InChI is InChI=1S/C15H29N3O3/c1-4-6-18(7-5-2)14(19)12-16-8-10-17(11-9-16)13(3)15(20)21/h13H,4-12H2,1-3H3,(H,20,21). The first-order valence-corrected chi connectivity index (χ1v) is 7.96. The van der Waals surface area contributed by atoms with Crippen molar-refractivity contribution in [3.63, 3.8) is 0 Å². The summed E-state index contributed by atoms with van der Waals surface area (Å²) in [7, 11) is 0. The molecule has 0 aromatic rings. The molecule has 1 amide bonds. The van der Waals surface area contributed by atoms with Crippen molar-refractivity contribution in [1.82, 2.24) is 14.7 Å². The number of carboxylic acids is 1. The molecule has 0 radical (unpaired) electrons. The molecular formula is C15H29N3O3. The van der Waals surface area contributed by atoms with Crippen molar-refractivity contribution in [3.8, 4) is 0 Å². The first kappa shape index (κ1) is 17.9. The summed E-state index contributed by atoms with van der Waals surface area (Å²) in [6, 6.07) is -0.445. The maximum atomic E-state index is 12.3. The summed E-state index contributed by atoms with van der Waals surface area (Å²) in [6.07, 6.45) is 1.96. The molecule has 1 N–H and O–H groups in total. The van der Waals surface area contributed by atoms with E-state index in [0.717, 1.165) is 39.0 Å². The second-order valence-electron chi connectivity index (χ2n) is 5.71. The van der Waals surface area contributed by atoms with E-state index >= 15 is 0 Å². The fourth-order valence-electron chi connectivity index (χ4n) is 2.66. The number of nitrogens with zero attached hydrogens (tertiary/aromatic N) is 3. The molecule has 21 heavy (non-hydrogen) atoms. The second-order valence-corrected chi connectivity index (χ2v) is 5.71. The van der Waals surface area contributed by atoms with Crippen LogP contribution < -0.4 is 0 Å². The zero-order valence-corrected chi connectivity index (χ0v) is 13.5. The molecule has 6 nitrogen and oxygen atoms in total. The second kappa shape index (κ2) is 9.00. The molecule has 0 aromatic heterocycles. The molecule has 0 spiro atoms. The highest BCUT2D eigenvalue weighted by molar-refractivity contribution is 5.78. The number of carbonyl (C=O) groups excluding carboxylic acids is 1. The molecule has 0 aromatic carbocycles. The number of carbonyl (C=O) groups is 2. The lowest BCUT2D eigenvalue weighted by Gasteiger charge is -2.37. The molecule has 122 valence electrons. The topological polar surface area (TPSA) is 64.1 Å². The maximum absolute atomic E-state index is 12.3. The van der Waals surface area contributed by atoms with Gasteiger partial charge < -0.3 is 10.0 Å². The number of aliphatic carboxylic acids is 1. The Kier molecular flexibility index (Phi) is 7.67. The zero-order valence-electron chi connectivity index (χ0n) is 13.5.